The topological polar surface area (TPSA) is 86.3 Å². The van der Waals surface area contributed by atoms with Crippen LogP contribution in [0.4, 0.5) is 11.5 Å². The molecule has 2 rings (SSSR count). The minimum Gasteiger partial charge on any atom is -0.348 e. The second-order valence-electron chi connectivity index (χ2n) is 4.68. The molecule has 0 aliphatic carbocycles. The molecule has 0 spiro atoms. The summed E-state index contributed by atoms with van der Waals surface area (Å²) < 4.78 is 0. The van der Waals surface area contributed by atoms with Crippen LogP contribution in [-0.4, -0.2) is 47.0 Å². The molecule has 1 fully saturated rings. The van der Waals surface area contributed by atoms with Crippen molar-refractivity contribution in [2.75, 3.05) is 31.1 Å². The van der Waals surface area contributed by atoms with Crippen molar-refractivity contribution >= 4 is 11.5 Å². The van der Waals surface area contributed by atoms with E-state index in [-0.39, 0.29) is 11.7 Å². The van der Waals surface area contributed by atoms with E-state index in [1.165, 1.54) is 6.07 Å². The molecule has 1 aromatic heterocycles. The molecule has 0 amide bonds. The van der Waals surface area contributed by atoms with E-state index in [4.69, 9.17) is 5.26 Å². The molecular formula is C13H17N5O2. The largest absolute Gasteiger partial charge is 0.348 e. The smallest absolute Gasteiger partial charge is 0.311 e. The first kappa shape index (κ1) is 14.2. The van der Waals surface area contributed by atoms with E-state index < -0.39 is 4.92 Å². The van der Waals surface area contributed by atoms with Crippen LogP contribution in [0.2, 0.25) is 0 Å². The average Bonchev–Trinajstić information content (AvgIpc) is 2.49. The van der Waals surface area contributed by atoms with Crippen LogP contribution < -0.4 is 4.90 Å². The third-order valence-electron chi connectivity index (χ3n) is 3.55. The molecule has 1 aromatic rings. The standard InChI is InChI=1S/C13H17N5O2/c1-2-11(10-14)16-6-8-17(9-7-16)13-12(18(19)20)4-3-5-15-13/h3-5,11H,2,6-9H2,1H3. The van der Waals surface area contributed by atoms with Gasteiger partial charge in [-0.15, -0.1) is 0 Å². The molecular weight excluding hydrogens is 258 g/mol. The van der Waals surface area contributed by atoms with Gasteiger partial charge in [-0.05, 0) is 12.5 Å². The minimum absolute atomic E-state index is 0.0354. The zero-order chi connectivity index (χ0) is 14.5. The Kier molecular flexibility index (Phi) is 4.48. The maximum atomic E-state index is 11.0. The SMILES string of the molecule is CCC(C#N)N1CCN(c2ncccc2[N+](=O)[O-])CC1. The molecule has 106 valence electrons. The van der Waals surface area contributed by atoms with Crippen LogP contribution in [-0.2, 0) is 0 Å². The van der Waals surface area contributed by atoms with Crippen molar-refractivity contribution in [1.29, 1.82) is 5.26 Å². The van der Waals surface area contributed by atoms with Gasteiger partial charge in [-0.2, -0.15) is 5.26 Å². The fraction of sp³-hybridized carbons (Fsp3) is 0.538. The zero-order valence-corrected chi connectivity index (χ0v) is 11.4. The van der Waals surface area contributed by atoms with Crippen molar-refractivity contribution in [2.45, 2.75) is 19.4 Å². The van der Waals surface area contributed by atoms with Crippen LogP contribution in [0.1, 0.15) is 13.3 Å². The summed E-state index contributed by atoms with van der Waals surface area (Å²) in [6.45, 7) is 4.73. The van der Waals surface area contributed by atoms with Crippen molar-refractivity contribution in [3.8, 4) is 6.07 Å². The zero-order valence-electron chi connectivity index (χ0n) is 11.4. The first-order valence-electron chi connectivity index (χ1n) is 6.65. The second-order valence-corrected chi connectivity index (χ2v) is 4.68. The highest BCUT2D eigenvalue weighted by Gasteiger charge is 2.27. The van der Waals surface area contributed by atoms with Crippen molar-refractivity contribution in [2.24, 2.45) is 0 Å². The molecule has 7 nitrogen and oxygen atoms in total. The number of anilines is 1. The van der Waals surface area contributed by atoms with Crippen LogP contribution in [0, 0.1) is 21.4 Å². The number of nitriles is 1. The lowest BCUT2D eigenvalue weighted by atomic mass is 10.2. The Morgan fingerprint density at radius 3 is 2.75 bits per heavy atom. The lowest BCUT2D eigenvalue weighted by molar-refractivity contribution is -0.384. The predicted octanol–water partition coefficient (Wildman–Crippen LogP) is 1.41. The van der Waals surface area contributed by atoms with Gasteiger partial charge >= 0.3 is 5.69 Å². The molecule has 1 saturated heterocycles. The summed E-state index contributed by atoms with van der Waals surface area (Å²) in [5.74, 6) is 0.419. The number of piperazine rings is 1. The van der Waals surface area contributed by atoms with Gasteiger partial charge in [0.15, 0.2) is 0 Å². The molecule has 1 unspecified atom stereocenters. The summed E-state index contributed by atoms with van der Waals surface area (Å²) in [5.41, 5.74) is 0.0354. The quantitative estimate of drug-likeness (QED) is 0.610. The van der Waals surface area contributed by atoms with E-state index in [0.29, 0.717) is 18.9 Å². The lowest BCUT2D eigenvalue weighted by Gasteiger charge is -2.36. The molecule has 0 saturated carbocycles. The molecule has 7 heteroatoms. The van der Waals surface area contributed by atoms with Gasteiger partial charge in [0.2, 0.25) is 5.82 Å². The highest BCUT2D eigenvalue weighted by atomic mass is 16.6. The first-order valence-corrected chi connectivity index (χ1v) is 6.65. The van der Waals surface area contributed by atoms with Crippen LogP contribution in [0.3, 0.4) is 0 Å². The molecule has 1 atom stereocenters. The number of pyridine rings is 1. The molecule has 1 aliphatic rings. The van der Waals surface area contributed by atoms with Gasteiger partial charge in [-0.1, -0.05) is 6.92 Å². The summed E-state index contributed by atoms with van der Waals surface area (Å²) >= 11 is 0. The van der Waals surface area contributed by atoms with E-state index in [0.717, 1.165) is 19.5 Å². The fourth-order valence-corrected chi connectivity index (χ4v) is 2.45. The highest BCUT2D eigenvalue weighted by molar-refractivity contribution is 5.57. The minimum atomic E-state index is -0.404. The van der Waals surface area contributed by atoms with Gasteiger partial charge in [-0.3, -0.25) is 15.0 Å². The monoisotopic (exact) mass is 275 g/mol. The summed E-state index contributed by atoms with van der Waals surface area (Å²) in [4.78, 5) is 18.8. The van der Waals surface area contributed by atoms with E-state index in [2.05, 4.69) is 16.0 Å². The summed E-state index contributed by atoms with van der Waals surface area (Å²) in [5, 5.41) is 20.1. The fourth-order valence-electron chi connectivity index (χ4n) is 2.45. The Balaban J connectivity index is 2.08. The Morgan fingerprint density at radius 1 is 1.50 bits per heavy atom. The number of hydrogen-bond donors (Lipinski definition) is 0. The Labute approximate surface area is 117 Å². The Bertz CT molecular complexity index is 520. The average molecular weight is 275 g/mol. The van der Waals surface area contributed by atoms with E-state index in [1.807, 2.05) is 11.8 Å². The molecule has 1 aliphatic heterocycles. The van der Waals surface area contributed by atoms with Crippen molar-refractivity contribution < 1.29 is 4.92 Å². The van der Waals surface area contributed by atoms with Gasteiger partial charge < -0.3 is 4.90 Å². The van der Waals surface area contributed by atoms with Crippen LogP contribution in [0.5, 0.6) is 0 Å². The molecule has 0 N–H and O–H groups in total. The van der Waals surface area contributed by atoms with E-state index in [1.54, 1.807) is 12.3 Å². The molecule has 0 bridgehead atoms. The van der Waals surface area contributed by atoms with E-state index >= 15 is 0 Å². The third-order valence-corrected chi connectivity index (χ3v) is 3.55. The lowest BCUT2D eigenvalue weighted by Crippen LogP contribution is -2.50. The van der Waals surface area contributed by atoms with E-state index in [9.17, 15) is 10.1 Å². The number of aromatic nitrogens is 1. The van der Waals surface area contributed by atoms with Gasteiger partial charge in [0.25, 0.3) is 0 Å². The van der Waals surface area contributed by atoms with Crippen LogP contribution >= 0.6 is 0 Å². The number of nitrogens with zero attached hydrogens (tertiary/aromatic N) is 5. The Hall–Kier alpha value is -2.20. The van der Waals surface area contributed by atoms with Crippen molar-refractivity contribution in [1.82, 2.24) is 9.88 Å². The van der Waals surface area contributed by atoms with Crippen LogP contribution in [0.15, 0.2) is 18.3 Å². The van der Waals surface area contributed by atoms with Gasteiger partial charge in [-0.25, -0.2) is 4.98 Å². The van der Waals surface area contributed by atoms with Gasteiger partial charge in [0.1, 0.15) is 0 Å². The Morgan fingerprint density at radius 2 is 2.20 bits per heavy atom. The second kappa shape index (κ2) is 6.30. The first-order chi connectivity index (χ1) is 9.67. The molecule has 0 radical (unpaired) electrons. The number of hydrogen-bond acceptors (Lipinski definition) is 6. The van der Waals surface area contributed by atoms with Crippen LogP contribution in [0.25, 0.3) is 0 Å². The summed E-state index contributed by atoms with van der Waals surface area (Å²) in [6.07, 6.45) is 2.36. The molecule has 2 heterocycles. The maximum absolute atomic E-state index is 11.0. The molecule has 20 heavy (non-hydrogen) atoms. The van der Waals surface area contributed by atoms with Gasteiger partial charge in [0, 0.05) is 38.4 Å². The van der Waals surface area contributed by atoms with Crippen molar-refractivity contribution in [3.05, 3.63) is 28.4 Å². The molecule has 0 aromatic carbocycles. The number of rotatable bonds is 4. The summed E-state index contributed by atoms with van der Waals surface area (Å²) in [6, 6.07) is 5.26. The highest BCUT2D eigenvalue weighted by Crippen LogP contribution is 2.26. The van der Waals surface area contributed by atoms with Gasteiger partial charge in [0.05, 0.1) is 17.0 Å². The number of nitro groups is 1. The third kappa shape index (κ3) is 2.86. The summed E-state index contributed by atoms with van der Waals surface area (Å²) in [7, 11) is 0. The maximum Gasteiger partial charge on any atom is 0.311 e. The van der Waals surface area contributed by atoms with Crippen molar-refractivity contribution in [3.63, 3.8) is 0 Å². The normalized spacial score (nSPS) is 17.5. The predicted molar refractivity (Wildman–Crippen MR) is 74.4 cm³/mol.